The number of hydrogen-bond acceptors (Lipinski definition) is 6. The van der Waals surface area contributed by atoms with Gasteiger partial charge >= 0.3 is 142 Å². The molecule has 0 spiro atoms. The van der Waals surface area contributed by atoms with Gasteiger partial charge in [-0.3, -0.25) is 24.5 Å². The Bertz CT molecular complexity index is 400. The summed E-state index contributed by atoms with van der Waals surface area (Å²) in [7, 11) is 0. The zero-order valence-electron chi connectivity index (χ0n) is 10.8. The molecule has 0 amide bonds. The van der Waals surface area contributed by atoms with E-state index in [1.165, 1.54) is 0 Å². The maximum atomic E-state index is 10.8. The van der Waals surface area contributed by atoms with Gasteiger partial charge in [-0.1, -0.05) is 0 Å². The Morgan fingerprint density at radius 2 is 1.04 bits per heavy atom. The first-order chi connectivity index (χ1) is 9.17. The van der Waals surface area contributed by atoms with Crippen molar-refractivity contribution in [3.05, 3.63) is 0 Å². The van der Waals surface area contributed by atoms with Gasteiger partial charge in [-0.25, -0.2) is 0 Å². The van der Waals surface area contributed by atoms with Crippen molar-refractivity contribution in [2.24, 2.45) is 0 Å². The molecule has 0 saturated carbocycles. The average molecular weight is 444 g/mol. The van der Waals surface area contributed by atoms with E-state index >= 15 is 0 Å². The molecular formula is C10H20FeN2Na4O8. The van der Waals surface area contributed by atoms with Gasteiger partial charge in [0.1, 0.15) is 0 Å². The zero-order chi connectivity index (χ0) is 15.8. The van der Waals surface area contributed by atoms with Gasteiger partial charge < -0.3 is 25.7 Å². The van der Waals surface area contributed by atoms with Crippen molar-refractivity contribution < 1.29 is 56.7 Å². The molecule has 0 radical (unpaired) electrons. The van der Waals surface area contributed by atoms with E-state index < -0.39 is 55.3 Å². The van der Waals surface area contributed by atoms with Crippen LogP contribution >= 0.6 is 0 Å². The molecule has 0 aromatic heterocycles. The van der Waals surface area contributed by atoms with Crippen LogP contribution < -0.4 is 10.6 Å². The van der Waals surface area contributed by atoms with E-state index in [1.807, 2.05) is 0 Å². The van der Waals surface area contributed by atoms with E-state index in [4.69, 9.17) is 20.4 Å². The van der Waals surface area contributed by atoms with Gasteiger partial charge in [0.2, 0.25) is 0 Å². The normalized spacial score (nSPS) is 8.80. The average Bonchev–Trinajstić information content (AvgIpc) is 2.24. The van der Waals surface area contributed by atoms with Gasteiger partial charge in [0.15, 0.2) is 0 Å². The molecule has 0 rings (SSSR count). The van der Waals surface area contributed by atoms with E-state index in [0.717, 1.165) is 0 Å². The van der Waals surface area contributed by atoms with Crippen LogP contribution in [-0.4, -0.2) is 188 Å². The second kappa shape index (κ2) is 22.6. The van der Waals surface area contributed by atoms with Crippen LogP contribution in [0.5, 0.6) is 0 Å². The summed E-state index contributed by atoms with van der Waals surface area (Å²) in [5.41, 5.74) is -1.59. The molecule has 15 heteroatoms. The Morgan fingerprint density at radius 1 is 0.680 bits per heavy atom. The van der Waals surface area contributed by atoms with Crippen molar-refractivity contribution in [1.82, 2.24) is 10.6 Å². The molecular weight excluding hydrogens is 424 g/mol. The number of aliphatic carboxylic acids is 4. The van der Waals surface area contributed by atoms with Crippen LogP contribution in [0.4, 0.5) is 0 Å². The topological polar surface area (TPSA) is 173 Å². The molecule has 10 nitrogen and oxygen atoms in total. The van der Waals surface area contributed by atoms with E-state index in [2.05, 4.69) is 10.6 Å². The number of nitrogens with one attached hydrogen (secondary N) is 2. The molecule has 0 fully saturated rings. The van der Waals surface area contributed by atoms with Crippen molar-refractivity contribution in [2.75, 3.05) is 19.6 Å². The standard InChI is InChI=1S/C10H16N2O8.Fe.4Na.4H/c13-6(14)1-10(2-7(15)16,12-4-9(19)20)5-11-3-8(17)18;;;;;;;;;/h11-12H,1-5H2,(H,13,14)(H,15,16)(H,17,18)(H,19,20);;;;;;;;;. The fourth-order valence-electron chi connectivity index (χ4n) is 1.63. The number of carboxylic acids is 4. The summed E-state index contributed by atoms with van der Waals surface area (Å²) in [5, 5.41) is 39.4. The first kappa shape index (κ1) is 41.6. The summed E-state index contributed by atoms with van der Waals surface area (Å²) in [5.74, 6) is -5.16. The van der Waals surface area contributed by atoms with E-state index in [0.29, 0.717) is 0 Å². The van der Waals surface area contributed by atoms with Gasteiger partial charge in [-0.15, -0.1) is 0 Å². The van der Waals surface area contributed by atoms with Crippen LogP contribution in [0.15, 0.2) is 0 Å². The van der Waals surface area contributed by atoms with Crippen LogP contribution in [-0.2, 0) is 36.2 Å². The Kier molecular flexibility index (Phi) is 37.7. The molecule has 0 unspecified atom stereocenters. The second-order valence-corrected chi connectivity index (χ2v) is 4.17. The summed E-state index contributed by atoms with van der Waals surface area (Å²) in [6.07, 6.45) is -1.33. The molecule has 0 saturated heterocycles. The predicted molar refractivity (Wildman–Crippen MR) is 92.0 cm³/mol. The summed E-state index contributed by atoms with van der Waals surface area (Å²) in [4.78, 5) is 42.5. The summed E-state index contributed by atoms with van der Waals surface area (Å²) >= 11 is 0. The van der Waals surface area contributed by atoms with E-state index in [1.54, 1.807) is 0 Å². The first-order valence-corrected chi connectivity index (χ1v) is 5.50. The van der Waals surface area contributed by atoms with Crippen LogP contribution in [0.2, 0.25) is 0 Å². The van der Waals surface area contributed by atoms with Gasteiger partial charge in [0.05, 0.1) is 31.5 Å². The van der Waals surface area contributed by atoms with Crippen LogP contribution in [0.3, 0.4) is 0 Å². The number of carbonyl (C=O) groups is 4. The SMILES string of the molecule is O=C(O)CNCC(CC(=O)O)(CC(=O)O)NCC(=O)O.[Fe].[NaH].[NaH].[NaH].[NaH]. The van der Waals surface area contributed by atoms with Crippen molar-refractivity contribution in [1.29, 1.82) is 0 Å². The third-order valence-corrected chi connectivity index (χ3v) is 2.33. The second-order valence-electron chi connectivity index (χ2n) is 4.17. The molecule has 6 N–H and O–H groups in total. The molecule has 25 heavy (non-hydrogen) atoms. The van der Waals surface area contributed by atoms with Crippen LogP contribution in [0.25, 0.3) is 0 Å². The molecule has 0 aliphatic heterocycles. The molecule has 0 heterocycles. The Balaban J connectivity index is -0.000000180. The molecule has 0 aromatic carbocycles. The first-order valence-electron chi connectivity index (χ1n) is 5.50. The zero-order valence-corrected chi connectivity index (χ0v) is 11.9. The minimum atomic E-state index is -1.59. The van der Waals surface area contributed by atoms with Crippen LogP contribution in [0, 0.1) is 0 Å². The number of hydrogen-bond donors (Lipinski definition) is 6. The van der Waals surface area contributed by atoms with Crippen molar-refractivity contribution in [3.63, 3.8) is 0 Å². The van der Waals surface area contributed by atoms with Crippen molar-refractivity contribution in [3.8, 4) is 0 Å². The summed E-state index contributed by atoms with van der Waals surface area (Å²) in [6.45, 7) is -1.46. The summed E-state index contributed by atoms with van der Waals surface area (Å²) < 4.78 is 0. The third kappa shape index (κ3) is 24.3. The van der Waals surface area contributed by atoms with E-state index in [9.17, 15) is 19.2 Å². The van der Waals surface area contributed by atoms with Crippen molar-refractivity contribution in [2.45, 2.75) is 18.4 Å². The number of rotatable bonds is 11. The molecule has 0 aliphatic carbocycles. The Morgan fingerprint density at radius 3 is 1.32 bits per heavy atom. The maximum absolute atomic E-state index is 10.8. The molecule has 0 atom stereocenters. The summed E-state index contributed by atoms with van der Waals surface area (Å²) in [6, 6.07) is 0. The monoisotopic (exact) mass is 444 g/mol. The van der Waals surface area contributed by atoms with Gasteiger partial charge in [0.25, 0.3) is 0 Å². The Labute approximate surface area is 243 Å². The molecule has 0 aromatic rings. The molecule has 0 bridgehead atoms. The van der Waals surface area contributed by atoms with E-state index in [-0.39, 0.29) is 142 Å². The van der Waals surface area contributed by atoms with Crippen LogP contribution in [0.1, 0.15) is 12.8 Å². The quantitative estimate of drug-likeness (QED) is 0.170. The van der Waals surface area contributed by atoms with Gasteiger partial charge in [-0.05, 0) is 0 Å². The van der Waals surface area contributed by atoms with Gasteiger partial charge in [0, 0.05) is 23.6 Å². The number of carboxylic acid groups (broad SMARTS) is 4. The third-order valence-electron chi connectivity index (χ3n) is 2.33. The van der Waals surface area contributed by atoms with Gasteiger partial charge in [-0.2, -0.15) is 0 Å². The van der Waals surface area contributed by atoms with Crippen molar-refractivity contribution >= 4 is 142 Å². The molecule has 130 valence electrons. The minimum absolute atomic E-state index is 0. The fourth-order valence-corrected chi connectivity index (χ4v) is 1.63. The fraction of sp³-hybridized carbons (Fsp3) is 0.600. The molecule has 0 aliphatic rings. The predicted octanol–water partition coefficient (Wildman–Crippen LogP) is -4.57. The Hall–Kier alpha value is 2.32.